The molecule has 1 saturated heterocycles. The molecular formula is C21H22N4OS2. The van der Waals surface area contributed by atoms with Crippen molar-refractivity contribution < 1.29 is 4.79 Å². The molecule has 5 nitrogen and oxygen atoms in total. The zero-order valence-corrected chi connectivity index (χ0v) is 17.3. The Labute approximate surface area is 173 Å². The van der Waals surface area contributed by atoms with Crippen molar-refractivity contribution in [3.8, 4) is 0 Å². The van der Waals surface area contributed by atoms with Crippen LogP contribution in [0.3, 0.4) is 0 Å². The number of hydrogen-bond acceptors (Lipinski definition) is 6. The number of hydrogen-bond donors (Lipinski definition) is 1. The Hall–Kier alpha value is -2.38. The van der Waals surface area contributed by atoms with E-state index in [1.54, 1.807) is 0 Å². The Morgan fingerprint density at radius 1 is 1.07 bits per heavy atom. The molecule has 2 heterocycles. The molecule has 28 heavy (non-hydrogen) atoms. The van der Waals surface area contributed by atoms with Crippen LogP contribution in [0.25, 0.3) is 0 Å². The molecule has 144 valence electrons. The second-order valence-corrected chi connectivity index (χ2v) is 9.13. The highest BCUT2D eigenvalue weighted by Crippen LogP contribution is 2.40. The third kappa shape index (κ3) is 4.54. The summed E-state index contributed by atoms with van der Waals surface area (Å²) < 4.78 is 0.788. The van der Waals surface area contributed by atoms with Crippen molar-refractivity contribution in [1.29, 1.82) is 0 Å². The molecule has 4 rings (SSSR count). The van der Waals surface area contributed by atoms with Gasteiger partial charge in [0.05, 0.1) is 0 Å². The molecule has 2 aromatic carbocycles. The number of aromatic nitrogens is 2. The highest BCUT2D eigenvalue weighted by atomic mass is 32.2. The molecule has 1 aliphatic heterocycles. The zero-order valence-electron chi connectivity index (χ0n) is 15.7. The monoisotopic (exact) mass is 410 g/mol. The van der Waals surface area contributed by atoms with Gasteiger partial charge in [-0.2, -0.15) is 0 Å². The molecule has 7 heteroatoms. The van der Waals surface area contributed by atoms with E-state index in [0.717, 1.165) is 46.7 Å². The maximum absolute atomic E-state index is 13.1. The van der Waals surface area contributed by atoms with Gasteiger partial charge >= 0.3 is 0 Å². The van der Waals surface area contributed by atoms with Gasteiger partial charge in [-0.3, -0.25) is 4.79 Å². The van der Waals surface area contributed by atoms with Crippen molar-refractivity contribution in [2.24, 2.45) is 0 Å². The number of thioether (sulfide) groups is 1. The third-order valence-electron chi connectivity index (χ3n) is 4.67. The van der Waals surface area contributed by atoms with Crippen molar-refractivity contribution in [2.75, 3.05) is 18.4 Å². The Balaban J connectivity index is 1.51. The number of nitrogens with zero attached hydrogens (tertiary/aromatic N) is 3. The number of aryl methyl sites for hydroxylation is 1. The van der Waals surface area contributed by atoms with Crippen molar-refractivity contribution in [3.63, 3.8) is 0 Å². The van der Waals surface area contributed by atoms with Gasteiger partial charge < -0.3 is 10.2 Å². The lowest BCUT2D eigenvalue weighted by Crippen LogP contribution is -2.31. The van der Waals surface area contributed by atoms with E-state index in [1.165, 1.54) is 28.7 Å². The van der Waals surface area contributed by atoms with Crippen LogP contribution >= 0.6 is 23.1 Å². The van der Waals surface area contributed by atoms with Crippen LogP contribution in [0.5, 0.6) is 0 Å². The number of rotatable bonds is 6. The molecule has 3 aromatic rings. The summed E-state index contributed by atoms with van der Waals surface area (Å²) in [4.78, 5) is 15.1. The fourth-order valence-corrected chi connectivity index (χ4v) is 5.21. The molecule has 0 saturated carbocycles. The minimum Gasteiger partial charge on any atom is -0.341 e. The normalized spacial score (nSPS) is 14.8. The topological polar surface area (TPSA) is 58.1 Å². The SMILES string of the molecule is Cc1ccc(Nc2nnc(S[C@@H](C(=O)N3CCCC3)c3ccccc3)s2)cc1. The fourth-order valence-electron chi connectivity index (χ4n) is 3.16. The van der Waals surface area contributed by atoms with Gasteiger partial charge in [0.15, 0.2) is 4.34 Å². The summed E-state index contributed by atoms with van der Waals surface area (Å²) in [6, 6.07) is 18.1. The molecular weight excluding hydrogens is 388 g/mol. The van der Waals surface area contributed by atoms with E-state index in [4.69, 9.17) is 0 Å². The average Bonchev–Trinajstić information content (AvgIpc) is 3.40. The van der Waals surface area contributed by atoms with Crippen molar-refractivity contribution in [3.05, 3.63) is 65.7 Å². The van der Waals surface area contributed by atoms with E-state index in [-0.39, 0.29) is 11.2 Å². The van der Waals surface area contributed by atoms with Gasteiger partial charge in [0, 0.05) is 18.8 Å². The van der Waals surface area contributed by atoms with Crippen LogP contribution in [0.4, 0.5) is 10.8 Å². The summed E-state index contributed by atoms with van der Waals surface area (Å²) in [7, 11) is 0. The largest absolute Gasteiger partial charge is 0.341 e. The first kappa shape index (κ1) is 19.0. The van der Waals surface area contributed by atoms with Gasteiger partial charge in [0.1, 0.15) is 5.25 Å². The number of carbonyl (C=O) groups excluding carboxylic acids is 1. The van der Waals surface area contributed by atoms with Gasteiger partial charge in [-0.05, 0) is 37.5 Å². The van der Waals surface area contributed by atoms with Crippen LogP contribution in [0.2, 0.25) is 0 Å². The lowest BCUT2D eigenvalue weighted by molar-refractivity contribution is -0.129. The smallest absolute Gasteiger partial charge is 0.240 e. The highest BCUT2D eigenvalue weighted by molar-refractivity contribution is 8.01. The number of benzene rings is 2. The van der Waals surface area contributed by atoms with E-state index >= 15 is 0 Å². The van der Waals surface area contributed by atoms with Gasteiger partial charge in [-0.1, -0.05) is 71.1 Å². The number of amides is 1. The number of nitrogens with one attached hydrogen (secondary N) is 1. The average molecular weight is 411 g/mol. The first-order chi connectivity index (χ1) is 13.7. The fraction of sp³-hybridized carbons (Fsp3) is 0.286. The second kappa shape index (κ2) is 8.75. The molecule has 1 amide bonds. The summed E-state index contributed by atoms with van der Waals surface area (Å²) in [5.74, 6) is 0.164. The Morgan fingerprint density at radius 2 is 1.79 bits per heavy atom. The number of anilines is 2. The number of carbonyl (C=O) groups is 1. The molecule has 1 aliphatic rings. The van der Waals surface area contributed by atoms with Crippen LogP contribution in [-0.2, 0) is 4.79 Å². The predicted octanol–water partition coefficient (Wildman–Crippen LogP) is 5.05. The number of likely N-dealkylation sites (tertiary alicyclic amines) is 1. The third-order valence-corrected chi connectivity index (χ3v) is 6.84. The molecule has 1 aromatic heterocycles. The second-order valence-electron chi connectivity index (χ2n) is 6.81. The van der Waals surface area contributed by atoms with Crippen LogP contribution in [0, 0.1) is 6.92 Å². The van der Waals surface area contributed by atoms with Crippen molar-refractivity contribution >= 4 is 39.8 Å². The summed E-state index contributed by atoms with van der Waals surface area (Å²) in [6.45, 7) is 3.75. The van der Waals surface area contributed by atoms with Gasteiger partial charge in [-0.15, -0.1) is 10.2 Å². The van der Waals surface area contributed by atoms with Crippen LogP contribution in [0.1, 0.15) is 29.2 Å². The predicted molar refractivity (Wildman–Crippen MR) is 115 cm³/mol. The minimum atomic E-state index is -0.292. The van der Waals surface area contributed by atoms with E-state index in [0.29, 0.717) is 0 Å². The van der Waals surface area contributed by atoms with Crippen molar-refractivity contribution in [1.82, 2.24) is 15.1 Å². The van der Waals surface area contributed by atoms with Gasteiger partial charge in [-0.25, -0.2) is 0 Å². The molecule has 0 spiro atoms. The lowest BCUT2D eigenvalue weighted by atomic mass is 10.1. The maximum Gasteiger partial charge on any atom is 0.240 e. The highest BCUT2D eigenvalue weighted by Gasteiger charge is 2.29. The summed E-state index contributed by atoms with van der Waals surface area (Å²) >= 11 is 2.96. The van der Waals surface area contributed by atoms with Crippen LogP contribution in [-0.4, -0.2) is 34.1 Å². The molecule has 1 fully saturated rings. The lowest BCUT2D eigenvalue weighted by Gasteiger charge is -2.22. The van der Waals surface area contributed by atoms with E-state index in [2.05, 4.69) is 34.6 Å². The summed E-state index contributed by atoms with van der Waals surface area (Å²) in [5.41, 5.74) is 3.20. The standard InChI is InChI=1S/C21H22N4OS2/c1-15-9-11-17(12-10-15)22-20-23-24-21(28-20)27-18(16-7-3-2-4-8-16)19(26)25-13-5-6-14-25/h2-4,7-12,18H,5-6,13-14H2,1H3,(H,22,23)/t18-/m1/s1. The molecule has 1 atom stereocenters. The first-order valence-corrected chi connectivity index (χ1v) is 11.1. The molecule has 0 unspecified atom stereocenters. The Bertz CT molecular complexity index is 921. The van der Waals surface area contributed by atoms with Gasteiger partial charge in [0.2, 0.25) is 11.0 Å². The van der Waals surface area contributed by atoms with E-state index < -0.39 is 0 Å². The molecule has 0 aliphatic carbocycles. The summed E-state index contributed by atoms with van der Waals surface area (Å²) in [5, 5.41) is 12.3. The minimum absolute atomic E-state index is 0.164. The van der Waals surface area contributed by atoms with E-state index in [9.17, 15) is 4.79 Å². The molecule has 0 radical (unpaired) electrons. The molecule has 0 bridgehead atoms. The quantitative estimate of drug-likeness (QED) is 0.577. The maximum atomic E-state index is 13.1. The first-order valence-electron chi connectivity index (χ1n) is 9.36. The van der Waals surface area contributed by atoms with Gasteiger partial charge in [0.25, 0.3) is 0 Å². The Morgan fingerprint density at radius 3 is 2.50 bits per heavy atom. The zero-order chi connectivity index (χ0) is 19.3. The Kier molecular flexibility index (Phi) is 5.92. The summed E-state index contributed by atoms with van der Waals surface area (Å²) in [6.07, 6.45) is 2.17. The van der Waals surface area contributed by atoms with Crippen molar-refractivity contribution in [2.45, 2.75) is 29.4 Å². The van der Waals surface area contributed by atoms with Crippen LogP contribution in [0.15, 0.2) is 58.9 Å². The molecule has 1 N–H and O–H groups in total. The van der Waals surface area contributed by atoms with Crippen LogP contribution < -0.4 is 5.32 Å². The van der Waals surface area contributed by atoms with E-state index in [1.807, 2.05) is 47.4 Å².